The van der Waals surface area contributed by atoms with E-state index in [4.69, 9.17) is 10.5 Å². The van der Waals surface area contributed by atoms with Crippen molar-refractivity contribution in [1.82, 2.24) is 15.5 Å². The molecule has 34 heavy (non-hydrogen) atoms. The highest BCUT2D eigenvalue weighted by Crippen LogP contribution is 2.09. The van der Waals surface area contributed by atoms with Gasteiger partial charge in [-0.15, -0.1) is 0 Å². The van der Waals surface area contributed by atoms with Crippen LogP contribution < -0.4 is 16.4 Å². The Morgan fingerprint density at radius 2 is 1.56 bits per heavy atom. The number of primary amides is 1. The summed E-state index contributed by atoms with van der Waals surface area (Å²) in [6.45, 7) is 1.91. The zero-order chi connectivity index (χ0) is 24.2. The first-order chi connectivity index (χ1) is 16.5. The van der Waals surface area contributed by atoms with Crippen molar-refractivity contribution in [1.29, 1.82) is 0 Å². The Balaban J connectivity index is 1.71. The fraction of sp³-hybridized carbons (Fsp3) is 0.346. The Morgan fingerprint density at radius 3 is 2.18 bits per heavy atom. The number of carbonyl (C=O) groups is 3. The van der Waals surface area contributed by atoms with Gasteiger partial charge in [0, 0.05) is 31.6 Å². The molecule has 0 aromatic heterocycles. The van der Waals surface area contributed by atoms with E-state index in [2.05, 4.69) is 10.6 Å². The summed E-state index contributed by atoms with van der Waals surface area (Å²) in [5, 5.41) is 5.86. The lowest BCUT2D eigenvalue weighted by Crippen LogP contribution is -2.55. The van der Waals surface area contributed by atoms with E-state index < -0.39 is 18.0 Å². The third kappa shape index (κ3) is 8.37. The van der Waals surface area contributed by atoms with Crippen LogP contribution >= 0.6 is 0 Å². The third-order valence-electron chi connectivity index (χ3n) is 5.60. The van der Waals surface area contributed by atoms with E-state index in [0.717, 1.165) is 11.1 Å². The summed E-state index contributed by atoms with van der Waals surface area (Å²) in [6, 6.07) is 17.9. The Hall–Kier alpha value is -3.65. The Morgan fingerprint density at radius 1 is 0.941 bits per heavy atom. The average Bonchev–Trinajstić information content (AvgIpc) is 2.86. The molecule has 3 rings (SSSR count). The van der Waals surface area contributed by atoms with Gasteiger partial charge >= 0.3 is 6.03 Å². The lowest BCUT2D eigenvalue weighted by atomic mass is 10.0. The molecule has 2 atom stereocenters. The molecule has 0 bridgehead atoms. The first kappa shape index (κ1) is 25.0. The van der Waals surface area contributed by atoms with Crippen LogP contribution in [-0.4, -0.2) is 61.1 Å². The maximum absolute atomic E-state index is 13.3. The molecule has 180 valence electrons. The SMILES string of the molecule is NC(=O)C=CC(CCc1ccccc1)NC(=O)[C@H](Cc1ccccc1)NC(=O)N1CCOCC1. The molecule has 1 fully saturated rings. The summed E-state index contributed by atoms with van der Waals surface area (Å²) in [7, 11) is 0. The number of hydrogen-bond acceptors (Lipinski definition) is 4. The minimum atomic E-state index is -0.779. The molecule has 2 aromatic carbocycles. The molecule has 0 radical (unpaired) electrons. The number of benzene rings is 2. The molecule has 1 saturated heterocycles. The molecule has 8 heteroatoms. The Kier molecular flexibility index (Phi) is 9.66. The number of nitrogens with two attached hydrogens (primary N) is 1. The van der Waals surface area contributed by atoms with Gasteiger partial charge in [0.2, 0.25) is 11.8 Å². The molecule has 1 heterocycles. The van der Waals surface area contributed by atoms with Crippen LogP contribution in [-0.2, 0) is 27.2 Å². The number of amides is 4. The second kappa shape index (κ2) is 13.2. The van der Waals surface area contributed by atoms with Gasteiger partial charge in [-0.1, -0.05) is 66.7 Å². The average molecular weight is 465 g/mol. The van der Waals surface area contributed by atoms with Crippen LogP contribution in [0.15, 0.2) is 72.8 Å². The van der Waals surface area contributed by atoms with E-state index in [1.165, 1.54) is 6.08 Å². The van der Waals surface area contributed by atoms with Gasteiger partial charge in [-0.25, -0.2) is 4.79 Å². The lowest BCUT2D eigenvalue weighted by Gasteiger charge is -2.29. The molecule has 0 spiro atoms. The summed E-state index contributed by atoms with van der Waals surface area (Å²) in [5.74, 6) is -0.905. The van der Waals surface area contributed by atoms with Crippen molar-refractivity contribution >= 4 is 17.8 Å². The van der Waals surface area contributed by atoms with Crippen LogP contribution in [0.5, 0.6) is 0 Å². The molecular weight excluding hydrogens is 432 g/mol. The standard InChI is InChI=1S/C26H32N4O4/c27-24(31)14-13-22(12-11-20-7-3-1-4-8-20)28-25(32)23(19-21-9-5-2-6-10-21)29-26(33)30-15-17-34-18-16-30/h1-10,13-14,22-23H,11-12,15-19H2,(H2,27,31)(H,28,32)(H,29,33)/t22?,23-/m0/s1. The van der Waals surface area contributed by atoms with E-state index in [9.17, 15) is 14.4 Å². The summed E-state index contributed by atoms with van der Waals surface area (Å²) in [5.41, 5.74) is 7.33. The van der Waals surface area contributed by atoms with Gasteiger partial charge in [0.1, 0.15) is 6.04 Å². The van der Waals surface area contributed by atoms with Gasteiger partial charge < -0.3 is 26.0 Å². The van der Waals surface area contributed by atoms with E-state index in [-0.39, 0.29) is 11.9 Å². The van der Waals surface area contributed by atoms with Crippen LogP contribution in [0.1, 0.15) is 17.5 Å². The van der Waals surface area contributed by atoms with E-state index in [0.29, 0.717) is 45.6 Å². The molecule has 0 aliphatic carbocycles. The predicted molar refractivity (Wildman–Crippen MR) is 130 cm³/mol. The zero-order valence-corrected chi connectivity index (χ0v) is 19.2. The minimum Gasteiger partial charge on any atom is -0.378 e. The normalized spacial score (nSPS) is 15.5. The van der Waals surface area contributed by atoms with E-state index in [1.807, 2.05) is 60.7 Å². The summed E-state index contributed by atoms with van der Waals surface area (Å²) < 4.78 is 5.31. The number of rotatable bonds is 10. The number of ether oxygens (including phenoxy) is 1. The van der Waals surface area contributed by atoms with Crippen molar-refractivity contribution in [3.05, 3.63) is 83.9 Å². The van der Waals surface area contributed by atoms with E-state index >= 15 is 0 Å². The van der Waals surface area contributed by atoms with Crippen LogP contribution in [0, 0.1) is 0 Å². The quantitative estimate of drug-likeness (QED) is 0.465. The number of nitrogens with zero attached hydrogens (tertiary/aromatic N) is 1. The van der Waals surface area contributed by atoms with Crippen molar-refractivity contribution < 1.29 is 19.1 Å². The molecule has 1 aliphatic rings. The number of urea groups is 1. The maximum atomic E-state index is 13.3. The largest absolute Gasteiger partial charge is 0.378 e. The van der Waals surface area contributed by atoms with Crippen molar-refractivity contribution in [3.63, 3.8) is 0 Å². The highest BCUT2D eigenvalue weighted by atomic mass is 16.5. The summed E-state index contributed by atoms with van der Waals surface area (Å²) in [4.78, 5) is 39.1. The number of nitrogens with one attached hydrogen (secondary N) is 2. The van der Waals surface area contributed by atoms with Gasteiger partial charge in [-0.05, 0) is 24.0 Å². The van der Waals surface area contributed by atoms with Crippen molar-refractivity contribution in [2.75, 3.05) is 26.3 Å². The summed E-state index contributed by atoms with van der Waals surface area (Å²) >= 11 is 0. The maximum Gasteiger partial charge on any atom is 0.318 e. The van der Waals surface area contributed by atoms with Crippen molar-refractivity contribution in [2.45, 2.75) is 31.3 Å². The second-order valence-electron chi connectivity index (χ2n) is 8.19. The molecule has 1 aliphatic heterocycles. The van der Waals surface area contributed by atoms with Gasteiger partial charge in [0.25, 0.3) is 0 Å². The van der Waals surface area contributed by atoms with Crippen LogP contribution in [0.25, 0.3) is 0 Å². The Bertz CT molecular complexity index is 959. The first-order valence-corrected chi connectivity index (χ1v) is 11.5. The molecule has 2 aromatic rings. The predicted octanol–water partition coefficient (Wildman–Crippen LogP) is 1.80. The first-order valence-electron chi connectivity index (χ1n) is 11.5. The van der Waals surface area contributed by atoms with Crippen molar-refractivity contribution in [2.24, 2.45) is 5.73 Å². The highest BCUT2D eigenvalue weighted by molar-refractivity contribution is 5.88. The topological polar surface area (TPSA) is 114 Å². The number of carbonyl (C=O) groups excluding carboxylic acids is 3. The number of hydrogen-bond donors (Lipinski definition) is 3. The fourth-order valence-electron chi connectivity index (χ4n) is 3.74. The molecule has 0 saturated carbocycles. The smallest absolute Gasteiger partial charge is 0.318 e. The van der Waals surface area contributed by atoms with Gasteiger partial charge in [-0.2, -0.15) is 0 Å². The summed E-state index contributed by atoms with van der Waals surface area (Å²) in [6.07, 6.45) is 4.49. The molecular formula is C26H32N4O4. The van der Waals surface area contributed by atoms with Crippen LogP contribution in [0.3, 0.4) is 0 Å². The van der Waals surface area contributed by atoms with E-state index in [1.54, 1.807) is 11.0 Å². The van der Waals surface area contributed by atoms with Crippen LogP contribution in [0.2, 0.25) is 0 Å². The Labute approximate surface area is 200 Å². The lowest BCUT2D eigenvalue weighted by molar-refractivity contribution is -0.123. The van der Waals surface area contributed by atoms with Crippen LogP contribution in [0.4, 0.5) is 4.79 Å². The van der Waals surface area contributed by atoms with Gasteiger partial charge in [0.15, 0.2) is 0 Å². The molecule has 1 unspecified atom stereocenters. The van der Waals surface area contributed by atoms with Crippen molar-refractivity contribution in [3.8, 4) is 0 Å². The monoisotopic (exact) mass is 464 g/mol. The molecule has 4 amide bonds. The van der Waals surface area contributed by atoms with Gasteiger partial charge in [-0.3, -0.25) is 9.59 Å². The number of morpholine rings is 1. The second-order valence-corrected chi connectivity index (χ2v) is 8.19. The molecule has 4 N–H and O–H groups in total. The highest BCUT2D eigenvalue weighted by Gasteiger charge is 2.26. The number of aryl methyl sites for hydroxylation is 1. The van der Waals surface area contributed by atoms with Gasteiger partial charge in [0.05, 0.1) is 13.2 Å². The zero-order valence-electron chi connectivity index (χ0n) is 19.2. The third-order valence-corrected chi connectivity index (χ3v) is 5.60. The fourth-order valence-corrected chi connectivity index (χ4v) is 3.74. The minimum absolute atomic E-state index is 0.298. The molecule has 8 nitrogen and oxygen atoms in total.